The molecule has 0 bridgehead atoms. The summed E-state index contributed by atoms with van der Waals surface area (Å²) in [4.78, 5) is 16.2. The standard InChI is InChI=1S/C32H25NO3/c1-33-27-20-12-11-19-26(27)32-30(29(33)34,21-28(35-32)23-13-5-2-6-14-23)22-31(36-32,24-15-7-3-8-16-24)25-17-9-4-10-18-25/h2-21H,22H2,1H3. The number of benzene rings is 4. The lowest BCUT2D eigenvalue weighted by molar-refractivity contribution is -0.241. The van der Waals surface area contributed by atoms with Gasteiger partial charge in [0.1, 0.15) is 16.8 Å². The Labute approximate surface area is 210 Å². The molecule has 176 valence electrons. The number of hydrogen-bond donors (Lipinski definition) is 0. The molecule has 0 aliphatic carbocycles. The number of rotatable bonds is 3. The van der Waals surface area contributed by atoms with Gasteiger partial charge in [-0.25, -0.2) is 0 Å². The molecule has 4 aromatic carbocycles. The number of carbonyl (C=O) groups is 1. The van der Waals surface area contributed by atoms with Crippen LogP contribution in [0, 0.1) is 5.41 Å². The normalized spacial score (nSPS) is 25.4. The van der Waals surface area contributed by atoms with Crippen molar-refractivity contribution in [2.75, 3.05) is 11.9 Å². The minimum Gasteiger partial charge on any atom is -0.456 e. The predicted molar refractivity (Wildman–Crippen MR) is 139 cm³/mol. The Hall–Kier alpha value is -4.15. The number of amides is 1. The summed E-state index contributed by atoms with van der Waals surface area (Å²) in [7, 11) is 1.85. The maximum atomic E-state index is 14.4. The Morgan fingerprint density at radius 3 is 1.92 bits per heavy atom. The summed E-state index contributed by atoms with van der Waals surface area (Å²) in [5, 5.41) is 0. The van der Waals surface area contributed by atoms with Gasteiger partial charge in [0.15, 0.2) is 0 Å². The van der Waals surface area contributed by atoms with Crippen LogP contribution in [0.15, 0.2) is 121 Å². The monoisotopic (exact) mass is 471 g/mol. The van der Waals surface area contributed by atoms with E-state index in [1.165, 1.54) is 0 Å². The van der Waals surface area contributed by atoms with Gasteiger partial charge in [-0.3, -0.25) is 4.79 Å². The van der Waals surface area contributed by atoms with Gasteiger partial charge in [0, 0.05) is 24.6 Å². The first-order chi connectivity index (χ1) is 17.6. The number of anilines is 1. The van der Waals surface area contributed by atoms with E-state index in [2.05, 4.69) is 24.3 Å². The van der Waals surface area contributed by atoms with Gasteiger partial charge in [0.05, 0.1) is 5.69 Å². The molecule has 7 rings (SSSR count). The molecule has 2 unspecified atom stereocenters. The van der Waals surface area contributed by atoms with Gasteiger partial charge in [0.2, 0.25) is 5.91 Å². The molecule has 36 heavy (non-hydrogen) atoms. The van der Waals surface area contributed by atoms with Crippen LogP contribution in [0.3, 0.4) is 0 Å². The van der Waals surface area contributed by atoms with Crippen molar-refractivity contribution in [1.82, 2.24) is 0 Å². The van der Waals surface area contributed by atoms with Gasteiger partial charge in [-0.2, -0.15) is 0 Å². The largest absolute Gasteiger partial charge is 0.456 e. The van der Waals surface area contributed by atoms with Gasteiger partial charge in [-0.05, 0) is 23.3 Å². The molecule has 4 heteroatoms. The van der Waals surface area contributed by atoms with Crippen LogP contribution in [0.1, 0.15) is 28.7 Å². The van der Waals surface area contributed by atoms with E-state index in [0.717, 1.165) is 27.9 Å². The first kappa shape index (κ1) is 21.2. The molecular formula is C32H25NO3. The highest BCUT2D eigenvalue weighted by atomic mass is 16.7. The number of hydrogen-bond acceptors (Lipinski definition) is 3. The maximum Gasteiger partial charge on any atom is 0.258 e. The SMILES string of the molecule is CN1C(=O)C23C=C(c4ccccc4)OC2(OC(c2ccccc2)(c2ccccc2)C3)c2ccccc21. The van der Waals surface area contributed by atoms with E-state index in [4.69, 9.17) is 9.47 Å². The minimum absolute atomic E-state index is 0.0270. The number of nitrogens with zero attached hydrogens (tertiary/aromatic N) is 1. The highest BCUT2D eigenvalue weighted by Crippen LogP contribution is 2.70. The van der Waals surface area contributed by atoms with Crippen LogP contribution in [-0.2, 0) is 25.7 Å². The number of fused-ring (bicyclic) bond motifs is 1. The highest BCUT2D eigenvalue weighted by Gasteiger charge is 2.76. The molecule has 0 aromatic heterocycles. The zero-order valence-corrected chi connectivity index (χ0v) is 19.9. The van der Waals surface area contributed by atoms with E-state index >= 15 is 0 Å². The zero-order chi connectivity index (χ0) is 24.4. The number of ether oxygens (including phenoxy) is 2. The molecule has 1 amide bonds. The molecule has 1 fully saturated rings. The summed E-state index contributed by atoms with van der Waals surface area (Å²) in [6.45, 7) is 0. The molecule has 3 heterocycles. The molecule has 0 spiro atoms. The third-order valence-corrected chi connectivity index (χ3v) is 7.91. The first-order valence-electron chi connectivity index (χ1n) is 12.3. The van der Waals surface area contributed by atoms with E-state index < -0.39 is 16.8 Å². The van der Waals surface area contributed by atoms with Crippen LogP contribution in [0.5, 0.6) is 0 Å². The molecule has 3 aliphatic rings. The number of para-hydroxylation sites is 1. The van der Waals surface area contributed by atoms with Crippen LogP contribution < -0.4 is 4.90 Å². The molecule has 0 saturated carbocycles. The van der Waals surface area contributed by atoms with E-state index in [0.29, 0.717) is 12.2 Å². The second-order valence-electron chi connectivity index (χ2n) is 9.78. The van der Waals surface area contributed by atoms with Crippen LogP contribution in [0.4, 0.5) is 5.69 Å². The Morgan fingerprint density at radius 1 is 0.722 bits per heavy atom. The predicted octanol–water partition coefficient (Wildman–Crippen LogP) is 6.24. The third kappa shape index (κ3) is 2.59. The molecule has 3 aliphatic heterocycles. The fourth-order valence-electron chi connectivity index (χ4n) is 6.28. The third-order valence-electron chi connectivity index (χ3n) is 7.91. The van der Waals surface area contributed by atoms with Crippen molar-refractivity contribution in [3.05, 3.63) is 144 Å². The van der Waals surface area contributed by atoms with Gasteiger partial charge in [-0.15, -0.1) is 0 Å². The van der Waals surface area contributed by atoms with Crippen molar-refractivity contribution in [3.63, 3.8) is 0 Å². The van der Waals surface area contributed by atoms with E-state index in [9.17, 15) is 4.79 Å². The van der Waals surface area contributed by atoms with Crippen molar-refractivity contribution in [3.8, 4) is 0 Å². The van der Waals surface area contributed by atoms with Crippen LogP contribution >= 0.6 is 0 Å². The Bertz CT molecular complexity index is 1460. The highest BCUT2D eigenvalue weighted by molar-refractivity contribution is 6.05. The fraction of sp³-hybridized carbons (Fsp3) is 0.156. The molecule has 1 saturated heterocycles. The quantitative estimate of drug-likeness (QED) is 0.355. The van der Waals surface area contributed by atoms with Crippen molar-refractivity contribution >= 4 is 17.4 Å². The van der Waals surface area contributed by atoms with Crippen molar-refractivity contribution in [1.29, 1.82) is 0 Å². The van der Waals surface area contributed by atoms with Crippen LogP contribution in [-0.4, -0.2) is 13.0 Å². The lowest BCUT2D eigenvalue weighted by Gasteiger charge is -2.44. The lowest BCUT2D eigenvalue weighted by atomic mass is 9.67. The topological polar surface area (TPSA) is 38.8 Å². The average Bonchev–Trinajstić information content (AvgIpc) is 3.44. The fourth-order valence-corrected chi connectivity index (χ4v) is 6.28. The molecule has 4 aromatic rings. The Morgan fingerprint density at radius 2 is 1.28 bits per heavy atom. The average molecular weight is 472 g/mol. The molecular weight excluding hydrogens is 446 g/mol. The molecule has 4 nitrogen and oxygen atoms in total. The van der Waals surface area contributed by atoms with E-state index in [1.54, 1.807) is 4.90 Å². The van der Waals surface area contributed by atoms with Crippen LogP contribution in [0.25, 0.3) is 5.76 Å². The van der Waals surface area contributed by atoms with Gasteiger partial charge >= 0.3 is 0 Å². The molecule has 0 radical (unpaired) electrons. The summed E-state index contributed by atoms with van der Waals surface area (Å²) in [6.07, 6.45) is 2.44. The summed E-state index contributed by atoms with van der Waals surface area (Å²) < 4.78 is 14.2. The van der Waals surface area contributed by atoms with Crippen molar-refractivity contribution in [2.24, 2.45) is 5.41 Å². The molecule has 0 N–H and O–H groups in total. The van der Waals surface area contributed by atoms with E-state index in [1.807, 2.05) is 104 Å². The summed E-state index contributed by atoms with van der Waals surface area (Å²) in [5.74, 6) is -0.658. The Kier molecular flexibility index (Phi) is 4.36. The minimum atomic E-state index is -1.30. The van der Waals surface area contributed by atoms with E-state index in [-0.39, 0.29) is 5.91 Å². The number of carbonyl (C=O) groups excluding carboxylic acids is 1. The Balaban J connectivity index is 1.54. The summed E-state index contributed by atoms with van der Waals surface area (Å²) in [5.41, 5.74) is 2.66. The molecule has 2 atom stereocenters. The zero-order valence-electron chi connectivity index (χ0n) is 19.9. The van der Waals surface area contributed by atoms with Gasteiger partial charge in [-0.1, -0.05) is 109 Å². The van der Waals surface area contributed by atoms with Crippen molar-refractivity contribution < 1.29 is 14.3 Å². The lowest BCUT2D eigenvalue weighted by Crippen LogP contribution is -2.55. The summed E-state index contributed by atoms with van der Waals surface area (Å²) in [6, 6.07) is 38.3. The smallest absolute Gasteiger partial charge is 0.258 e. The van der Waals surface area contributed by atoms with Gasteiger partial charge in [0.25, 0.3) is 5.79 Å². The second kappa shape index (κ2) is 7.42. The van der Waals surface area contributed by atoms with Gasteiger partial charge < -0.3 is 14.4 Å². The summed E-state index contributed by atoms with van der Waals surface area (Å²) >= 11 is 0. The first-order valence-corrected chi connectivity index (χ1v) is 12.3. The van der Waals surface area contributed by atoms with Crippen molar-refractivity contribution in [2.45, 2.75) is 17.8 Å². The van der Waals surface area contributed by atoms with Crippen LogP contribution in [0.2, 0.25) is 0 Å². The second-order valence-corrected chi connectivity index (χ2v) is 9.78. The maximum absolute atomic E-state index is 14.4.